The molecule has 2 heteroatoms. The van der Waals surface area contributed by atoms with Gasteiger partial charge in [0.05, 0.1) is 6.61 Å². The number of esters is 1. The lowest BCUT2D eigenvalue weighted by atomic mass is 10.0. The summed E-state index contributed by atoms with van der Waals surface area (Å²) in [5.41, 5.74) is 0. The highest BCUT2D eigenvalue weighted by Crippen LogP contribution is 2.17. The second-order valence-corrected chi connectivity index (χ2v) is 16.8. The van der Waals surface area contributed by atoms with Gasteiger partial charge in [0.15, 0.2) is 0 Å². The molecule has 0 saturated carbocycles. The van der Waals surface area contributed by atoms with Crippen molar-refractivity contribution in [2.24, 2.45) is 0 Å². The molecule has 0 aliphatic carbocycles. The first-order chi connectivity index (χ1) is 26.8. The summed E-state index contributed by atoms with van der Waals surface area (Å²) in [7, 11) is 0. The Morgan fingerprint density at radius 3 is 1.00 bits per heavy atom. The van der Waals surface area contributed by atoms with E-state index in [9.17, 15) is 4.79 Å². The zero-order valence-electron chi connectivity index (χ0n) is 37.2. The van der Waals surface area contributed by atoms with Crippen LogP contribution in [0.1, 0.15) is 284 Å². The van der Waals surface area contributed by atoms with Crippen LogP contribution in [-0.2, 0) is 9.53 Å². The maximum atomic E-state index is 12.0. The van der Waals surface area contributed by atoms with Crippen molar-refractivity contribution < 1.29 is 9.53 Å². The predicted molar refractivity (Wildman–Crippen MR) is 244 cm³/mol. The standard InChI is InChI=1S/C52H98O2/c1-3-5-7-9-11-13-15-17-19-20-21-22-23-24-25-26-27-28-29-30-31-32-33-34-35-37-39-41-43-45-47-49-51-54-52(53)50-48-46-44-42-40-38-36-18-16-14-12-10-8-6-4-2/h6,8,12,14,18,36H,3-5,7,9-11,13,15-17,19-35,37-51H2,1-2H3/b8-6-,14-12-,36-18-. The number of carbonyl (C=O) groups is 1. The van der Waals surface area contributed by atoms with Crippen molar-refractivity contribution in [2.75, 3.05) is 6.61 Å². The third-order valence-electron chi connectivity index (χ3n) is 11.3. The maximum absolute atomic E-state index is 12.0. The summed E-state index contributed by atoms with van der Waals surface area (Å²) in [6.07, 6.45) is 70.1. The molecule has 0 aromatic carbocycles. The van der Waals surface area contributed by atoms with Gasteiger partial charge >= 0.3 is 5.97 Å². The molecule has 0 aliphatic heterocycles. The van der Waals surface area contributed by atoms with E-state index in [2.05, 4.69) is 50.3 Å². The van der Waals surface area contributed by atoms with Gasteiger partial charge in [0.1, 0.15) is 0 Å². The molecule has 0 fully saturated rings. The van der Waals surface area contributed by atoms with Crippen LogP contribution in [0.25, 0.3) is 0 Å². The minimum Gasteiger partial charge on any atom is -0.466 e. The molecule has 0 rings (SSSR count). The second-order valence-electron chi connectivity index (χ2n) is 16.8. The summed E-state index contributed by atoms with van der Waals surface area (Å²) in [4.78, 5) is 12.0. The second kappa shape index (κ2) is 49.7. The molecule has 0 N–H and O–H groups in total. The fourth-order valence-electron chi connectivity index (χ4n) is 7.63. The number of allylic oxidation sites excluding steroid dienone is 6. The molecule has 0 aromatic heterocycles. The first kappa shape index (κ1) is 52.7. The maximum Gasteiger partial charge on any atom is 0.305 e. The number of hydrogen-bond acceptors (Lipinski definition) is 2. The van der Waals surface area contributed by atoms with E-state index in [0.29, 0.717) is 13.0 Å². The van der Waals surface area contributed by atoms with Crippen LogP contribution in [-0.4, -0.2) is 12.6 Å². The molecule has 0 amide bonds. The molecule has 0 heterocycles. The van der Waals surface area contributed by atoms with Gasteiger partial charge in [-0.1, -0.05) is 269 Å². The molecule has 318 valence electrons. The first-order valence-electron chi connectivity index (χ1n) is 24.9. The summed E-state index contributed by atoms with van der Waals surface area (Å²) in [5, 5.41) is 0. The fourth-order valence-corrected chi connectivity index (χ4v) is 7.63. The average Bonchev–Trinajstić information content (AvgIpc) is 3.18. The van der Waals surface area contributed by atoms with Crippen molar-refractivity contribution in [2.45, 2.75) is 284 Å². The van der Waals surface area contributed by atoms with Crippen LogP contribution in [0, 0.1) is 0 Å². The normalized spacial score (nSPS) is 12.0. The molecular weight excluding hydrogens is 657 g/mol. The molecule has 0 spiro atoms. The van der Waals surface area contributed by atoms with Gasteiger partial charge in [0.25, 0.3) is 0 Å². The smallest absolute Gasteiger partial charge is 0.305 e. The molecule has 0 saturated heterocycles. The molecule has 2 nitrogen and oxygen atoms in total. The third kappa shape index (κ3) is 48.7. The average molecular weight is 755 g/mol. The summed E-state index contributed by atoms with van der Waals surface area (Å²) < 4.78 is 5.47. The fraction of sp³-hybridized carbons (Fsp3) is 0.865. The SMILES string of the molecule is CC/C=C\C/C=C\C/C=C\CCCCCCCC(=O)OCCCCCCCCCCCCCCCCCCCCCCCCCCCCCCCCCC. The minimum absolute atomic E-state index is 0.0110. The Labute approximate surface area is 341 Å². The van der Waals surface area contributed by atoms with E-state index in [-0.39, 0.29) is 5.97 Å². The largest absolute Gasteiger partial charge is 0.466 e. The summed E-state index contributed by atoms with van der Waals surface area (Å²) >= 11 is 0. The molecule has 0 unspecified atom stereocenters. The van der Waals surface area contributed by atoms with Gasteiger partial charge in [-0.25, -0.2) is 0 Å². The summed E-state index contributed by atoms with van der Waals surface area (Å²) in [5.74, 6) is 0.0110. The molecule has 0 aromatic rings. The Morgan fingerprint density at radius 1 is 0.333 bits per heavy atom. The lowest BCUT2D eigenvalue weighted by molar-refractivity contribution is -0.143. The van der Waals surface area contributed by atoms with Crippen LogP contribution in [0.5, 0.6) is 0 Å². The molecule has 0 aliphatic rings. The van der Waals surface area contributed by atoms with Gasteiger partial charge in [-0.15, -0.1) is 0 Å². The Morgan fingerprint density at radius 2 is 0.630 bits per heavy atom. The van der Waals surface area contributed by atoms with Gasteiger partial charge < -0.3 is 4.74 Å². The van der Waals surface area contributed by atoms with Crippen molar-refractivity contribution in [1.29, 1.82) is 0 Å². The molecular formula is C52H98O2. The summed E-state index contributed by atoms with van der Waals surface area (Å²) in [6.45, 7) is 5.10. The first-order valence-corrected chi connectivity index (χ1v) is 24.9. The van der Waals surface area contributed by atoms with Gasteiger partial charge in [-0.05, 0) is 44.9 Å². The lowest BCUT2D eigenvalue weighted by Gasteiger charge is -2.06. The van der Waals surface area contributed by atoms with Gasteiger partial charge in [0.2, 0.25) is 0 Å². The highest BCUT2D eigenvalue weighted by Gasteiger charge is 2.03. The Balaban J connectivity index is 3.17. The number of unbranched alkanes of at least 4 members (excludes halogenated alkanes) is 36. The number of hydrogen-bond donors (Lipinski definition) is 0. The highest BCUT2D eigenvalue weighted by atomic mass is 16.5. The number of rotatable bonds is 46. The number of carbonyl (C=O) groups excluding carboxylic acids is 1. The van der Waals surface area contributed by atoms with Crippen molar-refractivity contribution in [3.63, 3.8) is 0 Å². The van der Waals surface area contributed by atoms with E-state index in [1.165, 1.54) is 225 Å². The van der Waals surface area contributed by atoms with E-state index in [1.54, 1.807) is 0 Å². The van der Waals surface area contributed by atoms with E-state index >= 15 is 0 Å². The Hall–Kier alpha value is -1.31. The Kier molecular flexibility index (Phi) is 48.5. The van der Waals surface area contributed by atoms with Crippen molar-refractivity contribution >= 4 is 5.97 Å². The van der Waals surface area contributed by atoms with Crippen molar-refractivity contribution in [1.82, 2.24) is 0 Å². The monoisotopic (exact) mass is 755 g/mol. The predicted octanol–water partition coefficient (Wildman–Crippen LogP) is 18.6. The van der Waals surface area contributed by atoms with E-state index < -0.39 is 0 Å². The van der Waals surface area contributed by atoms with Crippen molar-refractivity contribution in [3.05, 3.63) is 36.5 Å². The van der Waals surface area contributed by atoms with Crippen LogP contribution in [0.4, 0.5) is 0 Å². The Bertz CT molecular complexity index is 779. The molecule has 0 radical (unpaired) electrons. The van der Waals surface area contributed by atoms with E-state index in [1.807, 2.05) is 0 Å². The quantitative estimate of drug-likeness (QED) is 0.0351. The van der Waals surface area contributed by atoms with Crippen molar-refractivity contribution in [3.8, 4) is 0 Å². The molecule has 0 bridgehead atoms. The van der Waals surface area contributed by atoms with Crippen LogP contribution in [0.15, 0.2) is 36.5 Å². The third-order valence-corrected chi connectivity index (χ3v) is 11.3. The van der Waals surface area contributed by atoms with E-state index in [4.69, 9.17) is 4.74 Å². The highest BCUT2D eigenvalue weighted by molar-refractivity contribution is 5.69. The summed E-state index contributed by atoms with van der Waals surface area (Å²) in [6, 6.07) is 0. The lowest BCUT2D eigenvalue weighted by Crippen LogP contribution is -2.05. The zero-order valence-corrected chi connectivity index (χ0v) is 37.2. The zero-order chi connectivity index (χ0) is 38.9. The minimum atomic E-state index is 0.0110. The topological polar surface area (TPSA) is 26.3 Å². The molecule has 0 atom stereocenters. The molecule has 54 heavy (non-hydrogen) atoms. The number of ether oxygens (including phenoxy) is 1. The van der Waals surface area contributed by atoms with Crippen LogP contribution in [0.2, 0.25) is 0 Å². The van der Waals surface area contributed by atoms with Gasteiger partial charge in [-0.2, -0.15) is 0 Å². The van der Waals surface area contributed by atoms with Crippen LogP contribution < -0.4 is 0 Å². The van der Waals surface area contributed by atoms with Crippen LogP contribution in [0.3, 0.4) is 0 Å². The van der Waals surface area contributed by atoms with Crippen LogP contribution >= 0.6 is 0 Å². The van der Waals surface area contributed by atoms with Gasteiger partial charge in [0, 0.05) is 6.42 Å². The van der Waals surface area contributed by atoms with E-state index in [0.717, 1.165) is 38.5 Å². The van der Waals surface area contributed by atoms with Gasteiger partial charge in [-0.3, -0.25) is 4.79 Å².